The van der Waals surface area contributed by atoms with Crippen LogP contribution in [-0.2, 0) is 22.0 Å². The van der Waals surface area contributed by atoms with Gasteiger partial charge in [-0.2, -0.15) is 17.6 Å². The lowest BCUT2D eigenvalue weighted by atomic mass is 10.0. The van der Waals surface area contributed by atoms with Gasteiger partial charge in [0.25, 0.3) is 0 Å². The molecule has 2 unspecified atom stereocenters. The molecule has 0 bridgehead atoms. The highest BCUT2D eigenvalue weighted by Gasteiger charge is 2.48. The van der Waals surface area contributed by atoms with Crippen molar-refractivity contribution < 1.29 is 53.7 Å². The van der Waals surface area contributed by atoms with E-state index >= 15 is 0 Å². The first kappa shape index (κ1) is 26.1. The summed E-state index contributed by atoms with van der Waals surface area (Å²) < 4.78 is 139. The van der Waals surface area contributed by atoms with Gasteiger partial charge in [0.05, 0.1) is 12.7 Å². The van der Waals surface area contributed by atoms with Crippen LogP contribution < -0.4 is 4.74 Å². The number of alkyl halides is 4. The smallest absolute Gasteiger partial charge is 0.424 e. The summed E-state index contributed by atoms with van der Waals surface area (Å²) in [5.41, 5.74) is -1.42. The normalized spacial score (nSPS) is 19.4. The molecule has 34 heavy (non-hydrogen) atoms. The number of ether oxygens (including phenoxy) is 3. The third kappa shape index (κ3) is 5.77. The van der Waals surface area contributed by atoms with Crippen LogP contribution in [0.3, 0.4) is 0 Å². The van der Waals surface area contributed by atoms with Crippen LogP contribution >= 0.6 is 0 Å². The maximum Gasteiger partial charge on any atom is 0.424 e. The quantitative estimate of drug-likeness (QED) is 0.300. The summed E-state index contributed by atoms with van der Waals surface area (Å²) in [6.45, 7) is 0.922. The Morgan fingerprint density at radius 1 is 0.882 bits per heavy atom. The average Bonchev–Trinajstić information content (AvgIpc) is 2.71. The van der Waals surface area contributed by atoms with Gasteiger partial charge in [0.1, 0.15) is 22.9 Å². The fourth-order valence-corrected chi connectivity index (χ4v) is 3.50. The van der Waals surface area contributed by atoms with Crippen molar-refractivity contribution in [2.45, 2.75) is 57.0 Å². The summed E-state index contributed by atoms with van der Waals surface area (Å²) >= 11 is 0. The molecule has 0 spiro atoms. The van der Waals surface area contributed by atoms with Crippen LogP contribution in [0.4, 0.5) is 39.5 Å². The van der Waals surface area contributed by atoms with Crippen LogP contribution in [-0.4, -0.2) is 24.9 Å². The van der Waals surface area contributed by atoms with Gasteiger partial charge in [-0.25, -0.2) is 22.0 Å². The zero-order valence-electron chi connectivity index (χ0n) is 17.6. The first-order chi connectivity index (χ1) is 15.8. The third-order valence-corrected chi connectivity index (χ3v) is 5.07. The maximum atomic E-state index is 14.5. The van der Waals surface area contributed by atoms with E-state index in [0.717, 1.165) is 12.1 Å². The molecule has 2 aromatic carbocycles. The number of hydrogen-bond donors (Lipinski definition) is 0. The molecule has 0 saturated carbocycles. The van der Waals surface area contributed by atoms with Crippen LogP contribution in [0.1, 0.15) is 37.3 Å². The monoisotopic (exact) mass is 502 g/mol. The van der Waals surface area contributed by atoms with Crippen LogP contribution in [0.25, 0.3) is 0 Å². The summed E-state index contributed by atoms with van der Waals surface area (Å²) in [6.07, 6.45) is -12.4. The fourth-order valence-electron chi connectivity index (χ4n) is 3.50. The summed E-state index contributed by atoms with van der Waals surface area (Å²) in [4.78, 5) is 0. The van der Waals surface area contributed by atoms with Gasteiger partial charge in [0.15, 0.2) is 23.6 Å². The lowest BCUT2D eigenvalue weighted by Crippen LogP contribution is -2.47. The number of rotatable bonds is 8. The van der Waals surface area contributed by atoms with Crippen molar-refractivity contribution in [1.82, 2.24) is 0 Å². The molecule has 12 heteroatoms. The second-order valence-electron chi connectivity index (χ2n) is 7.71. The Morgan fingerprint density at radius 2 is 1.47 bits per heavy atom. The predicted octanol–water partition coefficient (Wildman–Crippen LogP) is 6.62. The number of halogens is 9. The Kier molecular flexibility index (Phi) is 7.71. The van der Waals surface area contributed by atoms with E-state index in [1.54, 1.807) is 6.92 Å². The van der Waals surface area contributed by atoms with Gasteiger partial charge in [0.2, 0.25) is 0 Å². The molecule has 2 aromatic rings. The molecule has 1 aliphatic rings. The van der Waals surface area contributed by atoms with Crippen LogP contribution in [0.5, 0.6) is 5.75 Å². The maximum absolute atomic E-state index is 14.5. The number of hydrogen-bond acceptors (Lipinski definition) is 3. The van der Waals surface area contributed by atoms with Crippen molar-refractivity contribution >= 4 is 0 Å². The molecule has 1 saturated heterocycles. The topological polar surface area (TPSA) is 27.7 Å². The first-order valence-electron chi connectivity index (χ1n) is 10.2. The van der Waals surface area contributed by atoms with Gasteiger partial charge < -0.3 is 14.2 Å². The molecular formula is C22H19F9O3. The summed E-state index contributed by atoms with van der Waals surface area (Å²) in [5.74, 6) is -9.43. The van der Waals surface area contributed by atoms with Crippen molar-refractivity contribution in [2.75, 3.05) is 6.61 Å². The van der Waals surface area contributed by atoms with E-state index in [-0.39, 0.29) is 24.1 Å². The second-order valence-corrected chi connectivity index (χ2v) is 7.71. The van der Waals surface area contributed by atoms with E-state index in [4.69, 9.17) is 4.74 Å². The highest BCUT2D eigenvalue weighted by atomic mass is 19.3. The number of benzene rings is 2. The second kappa shape index (κ2) is 10.0. The molecule has 1 fully saturated rings. The van der Waals surface area contributed by atoms with Crippen LogP contribution in [0.2, 0.25) is 0 Å². The molecule has 0 amide bonds. The molecule has 0 N–H and O–H groups in total. The molecule has 1 heterocycles. The highest BCUT2D eigenvalue weighted by molar-refractivity contribution is 5.29. The molecule has 1 aliphatic heterocycles. The van der Waals surface area contributed by atoms with Gasteiger partial charge >= 0.3 is 12.2 Å². The minimum absolute atomic E-state index is 0.184. The molecule has 2 atom stereocenters. The zero-order valence-corrected chi connectivity index (χ0v) is 17.6. The summed E-state index contributed by atoms with van der Waals surface area (Å²) in [7, 11) is 0. The Hall–Kier alpha value is -2.47. The van der Waals surface area contributed by atoms with Crippen molar-refractivity contribution in [1.29, 1.82) is 0 Å². The molecule has 3 rings (SSSR count). The van der Waals surface area contributed by atoms with Crippen LogP contribution in [0, 0.1) is 29.1 Å². The SMILES string of the molecule is CCCc1cc(F)c(C(F)(F)OC2CCC(C(F)(F)Oc3cc(F)c(F)c(F)c3)OC2)c(F)c1. The van der Waals surface area contributed by atoms with E-state index < -0.39 is 84.3 Å². The van der Waals surface area contributed by atoms with Gasteiger partial charge in [-0.3, -0.25) is 0 Å². The molecule has 0 aliphatic carbocycles. The third-order valence-electron chi connectivity index (χ3n) is 5.07. The summed E-state index contributed by atoms with van der Waals surface area (Å²) in [6, 6.07) is 1.95. The molecule has 3 nitrogen and oxygen atoms in total. The molecular weight excluding hydrogens is 483 g/mol. The molecule has 0 aromatic heterocycles. The Morgan fingerprint density at radius 3 is 1.97 bits per heavy atom. The predicted molar refractivity (Wildman–Crippen MR) is 100.0 cm³/mol. The Bertz CT molecular complexity index is 975. The van der Waals surface area contributed by atoms with E-state index in [9.17, 15) is 39.5 Å². The highest BCUT2D eigenvalue weighted by Crippen LogP contribution is 2.39. The minimum Gasteiger partial charge on any atom is -0.430 e. The fraction of sp³-hybridized carbons (Fsp3) is 0.455. The largest absolute Gasteiger partial charge is 0.430 e. The van der Waals surface area contributed by atoms with Gasteiger partial charge in [-0.15, -0.1) is 0 Å². The van der Waals surface area contributed by atoms with Crippen molar-refractivity contribution in [3.8, 4) is 5.75 Å². The van der Waals surface area contributed by atoms with Crippen molar-refractivity contribution in [3.63, 3.8) is 0 Å². The minimum atomic E-state index is -4.41. The van der Waals surface area contributed by atoms with Crippen molar-refractivity contribution in [2.24, 2.45) is 0 Å². The first-order valence-corrected chi connectivity index (χ1v) is 10.2. The van der Waals surface area contributed by atoms with E-state index in [2.05, 4.69) is 9.47 Å². The van der Waals surface area contributed by atoms with Crippen molar-refractivity contribution in [3.05, 3.63) is 64.5 Å². The van der Waals surface area contributed by atoms with E-state index in [1.807, 2.05) is 0 Å². The standard InChI is InChI=1S/C22H19F9O3/c1-2-3-11-6-14(23)19(15(24)7-11)22(30,31)33-12-4-5-18(32-10-12)21(28,29)34-13-8-16(25)20(27)17(26)9-13/h6-9,12,18H,2-5,10H2,1H3. The lowest BCUT2D eigenvalue weighted by Gasteiger charge is -2.34. The average molecular weight is 502 g/mol. The van der Waals surface area contributed by atoms with Gasteiger partial charge in [0, 0.05) is 12.1 Å². The zero-order chi connectivity index (χ0) is 25.3. The summed E-state index contributed by atoms with van der Waals surface area (Å²) in [5, 5.41) is 0. The molecule has 0 radical (unpaired) electrons. The number of aryl methyl sites for hydroxylation is 1. The van der Waals surface area contributed by atoms with Crippen LogP contribution in [0.15, 0.2) is 24.3 Å². The Balaban J connectivity index is 1.64. The van der Waals surface area contributed by atoms with E-state index in [1.165, 1.54) is 0 Å². The van der Waals surface area contributed by atoms with Gasteiger partial charge in [-0.1, -0.05) is 13.3 Å². The van der Waals surface area contributed by atoms with Gasteiger partial charge in [-0.05, 0) is 37.0 Å². The lowest BCUT2D eigenvalue weighted by molar-refractivity contribution is -0.312. The molecule has 188 valence electrons. The van der Waals surface area contributed by atoms with E-state index in [0.29, 0.717) is 6.42 Å². The Labute approximate surface area is 188 Å².